The summed E-state index contributed by atoms with van der Waals surface area (Å²) in [6.45, 7) is 5.68. The van der Waals surface area contributed by atoms with E-state index >= 15 is 0 Å². The van der Waals surface area contributed by atoms with Gasteiger partial charge in [0, 0.05) is 12.1 Å². The molecule has 21 heavy (non-hydrogen) atoms. The van der Waals surface area contributed by atoms with Crippen LogP contribution < -0.4 is 5.73 Å². The number of nitrogens with two attached hydrogens (primary N) is 1. The minimum absolute atomic E-state index is 0.598. The third-order valence-corrected chi connectivity index (χ3v) is 4.03. The maximum atomic E-state index is 5.78. The predicted octanol–water partition coefficient (Wildman–Crippen LogP) is 2.22. The SMILES string of the molecule is Cc1cccc(-c2nc(CN3CCCC(CN)C3)no2)c1. The molecule has 1 unspecified atom stereocenters. The third kappa shape index (κ3) is 3.49. The number of hydrogen-bond donors (Lipinski definition) is 1. The number of aryl methyl sites for hydroxylation is 1. The van der Waals surface area contributed by atoms with Crippen molar-refractivity contribution in [1.29, 1.82) is 0 Å². The van der Waals surface area contributed by atoms with E-state index in [4.69, 9.17) is 10.3 Å². The van der Waals surface area contributed by atoms with Gasteiger partial charge in [-0.1, -0.05) is 22.9 Å². The second-order valence-corrected chi connectivity index (χ2v) is 5.86. The number of nitrogens with zero attached hydrogens (tertiary/aromatic N) is 3. The monoisotopic (exact) mass is 286 g/mol. The molecule has 1 aliphatic heterocycles. The molecule has 1 aliphatic rings. The molecule has 5 heteroatoms. The van der Waals surface area contributed by atoms with Crippen LogP contribution in [0.4, 0.5) is 0 Å². The Bertz CT molecular complexity index is 595. The average molecular weight is 286 g/mol. The van der Waals surface area contributed by atoms with Crippen molar-refractivity contribution in [3.05, 3.63) is 35.7 Å². The van der Waals surface area contributed by atoms with E-state index in [1.807, 2.05) is 12.1 Å². The van der Waals surface area contributed by atoms with Gasteiger partial charge in [-0.15, -0.1) is 0 Å². The molecule has 0 radical (unpaired) electrons. The molecule has 1 aromatic heterocycles. The lowest BCUT2D eigenvalue weighted by molar-refractivity contribution is 0.166. The first kappa shape index (κ1) is 14.2. The highest BCUT2D eigenvalue weighted by Gasteiger charge is 2.20. The first-order chi connectivity index (χ1) is 10.2. The van der Waals surface area contributed by atoms with Crippen LogP contribution in [-0.4, -0.2) is 34.7 Å². The maximum Gasteiger partial charge on any atom is 0.257 e. The highest BCUT2D eigenvalue weighted by atomic mass is 16.5. The molecule has 0 amide bonds. The van der Waals surface area contributed by atoms with Crippen molar-refractivity contribution >= 4 is 0 Å². The van der Waals surface area contributed by atoms with Crippen LogP contribution >= 0.6 is 0 Å². The van der Waals surface area contributed by atoms with Crippen molar-refractivity contribution in [2.45, 2.75) is 26.3 Å². The van der Waals surface area contributed by atoms with Gasteiger partial charge >= 0.3 is 0 Å². The first-order valence-corrected chi connectivity index (χ1v) is 7.56. The summed E-state index contributed by atoms with van der Waals surface area (Å²) in [7, 11) is 0. The van der Waals surface area contributed by atoms with E-state index in [0.29, 0.717) is 11.8 Å². The van der Waals surface area contributed by atoms with Crippen LogP contribution in [-0.2, 0) is 6.54 Å². The number of likely N-dealkylation sites (tertiary alicyclic amines) is 1. The molecule has 3 rings (SSSR count). The molecule has 1 fully saturated rings. The van der Waals surface area contributed by atoms with Crippen molar-refractivity contribution in [1.82, 2.24) is 15.0 Å². The number of rotatable bonds is 4. The molecule has 0 spiro atoms. The van der Waals surface area contributed by atoms with E-state index in [1.165, 1.54) is 18.4 Å². The lowest BCUT2D eigenvalue weighted by Crippen LogP contribution is -2.38. The minimum Gasteiger partial charge on any atom is -0.334 e. The quantitative estimate of drug-likeness (QED) is 0.933. The minimum atomic E-state index is 0.598. The number of benzene rings is 1. The molecule has 1 atom stereocenters. The summed E-state index contributed by atoms with van der Waals surface area (Å²) in [4.78, 5) is 6.88. The van der Waals surface area contributed by atoms with Crippen molar-refractivity contribution in [2.24, 2.45) is 11.7 Å². The normalized spacial score (nSPS) is 19.8. The van der Waals surface area contributed by atoms with Crippen LogP contribution in [0, 0.1) is 12.8 Å². The molecule has 2 N–H and O–H groups in total. The fourth-order valence-corrected chi connectivity index (χ4v) is 2.90. The molecule has 112 valence electrons. The lowest BCUT2D eigenvalue weighted by Gasteiger charge is -2.30. The zero-order chi connectivity index (χ0) is 14.7. The summed E-state index contributed by atoms with van der Waals surface area (Å²) < 4.78 is 5.39. The number of piperidine rings is 1. The molecule has 2 aromatic rings. The van der Waals surface area contributed by atoms with Crippen LogP contribution in [0.1, 0.15) is 24.2 Å². The highest BCUT2D eigenvalue weighted by Crippen LogP contribution is 2.20. The second-order valence-electron chi connectivity index (χ2n) is 5.86. The molecule has 0 aliphatic carbocycles. The van der Waals surface area contributed by atoms with Gasteiger partial charge < -0.3 is 10.3 Å². The van der Waals surface area contributed by atoms with Gasteiger partial charge in [0.15, 0.2) is 5.82 Å². The topological polar surface area (TPSA) is 68.2 Å². The molecule has 0 saturated carbocycles. The molecular weight excluding hydrogens is 264 g/mol. The highest BCUT2D eigenvalue weighted by molar-refractivity contribution is 5.53. The van der Waals surface area contributed by atoms with E-state index in [9.17, 15) is 0 Å². The maximum absolute atomic E-state index is 5.78. The van der Waals surface area contributed by atoms with E-state index in [0.717, 1.165) is 37.6 Å². The average Bonchev–Trinajstić information content (AvgIpc) is 2.96. The van der Waals surface area contributed by atoms with Crippen molar-refractivity contribution in [3.8, 4) is 11.5 Å². The Labute approximate surface area is 125 Å². The Hall–Kier alpha value is -1.72. The van der Waals surface area contributed by atoms with E-state index in [1.54, 1.807) is 0 Å². The van der Waals surface area contributed by atoms with Crippen LogP contribution in [0.5, 0.6) is 0 Å². The van der Waals surface area contributed by atoms with E-state index < -0.39 is 0 Å². The van der Waals surface area contributed by atoms with Crippen molar-refractivity contribution in [3.63, 3.8) is 0 Å². The van der Waals surface area contributed by atoms with Gasteiger partial charge in [-0.3, -0.25) is 4.90 Å². The molecule has 5 nitrogen and oxygen atoms in total. The summed E-state index contributed by atoms with van der Waals surface area (Å²) in [6.07, 6.45) is 2.43. The summed E-state index contributed by atoms with van der Waals surface area (Å²) in [5.74, 6) is 1.95. The zero-order valence-electron chi connectivity index (χ0n) is 12.5. The Balaban J connectivity index is 1.68. The molecule has 1 aromatic carbocycles. The lowest BCUT2D eigenvalue weighted by atomic mass is 9.98. The summed E-state index contributed by atoms with van der Waals surface area (Å²) in [6, 6.07) is 8.12. The summed E-state index contributed by atoms with van der Waals surface area (Å²) in [5.41, 5.74) is 7.94. The molecule has 2 heterocycles. The fraction of sp³-hybridized carbons (Fsp3) is 0.500. The smallest absolute Gasteiger partial charge is 0.257 e. The van der Waals surface area contributed by atoms with Crippen LogP contribution in [0.25, 0.3) is 11.5 Å². The van der Waals surface area contributed by atoms with Gasteiger partial charge in [0.1, 0.15) is 0 Å². The largest absolute Gasteiger partial charge is 0.334 e. The Morgan fingerprint density at radius 1 is 1.43 bits per heavy atom. The second kappa shape index (κ2) is 6.37. The Kier molecular flexibility index (Phi) is 4.31. The van der Waals surface area contributed by atoms with Gasteiger partial charge in [-0.05, 0) is 50.9 Å². The third-order valence-electron chi connectivity index (χ3n) is 4.03. The van der Waals surface area contributed by atoms with Crippen LogP contribution in [0.15, 0.2) is 28.8 Å². The van der Waals surface area contributed by atoms with Crippen molar-refractivity contribution in [2.75, 3.05) is 19.6 Å². The fourth-order valence-electron chi connectivity index (χ4n) is 2.90. The standard InChI is InChI=1S/C16H22N4O/c1-12-4-2-6-14(8-12)16-18-15(19-21-16)11-20-7-3-5-13(9-17)10-20/h2,4,6,8,13H,3,5,7,9-11,17H2,1H3. The van der Waals surface area contributed by atoms with Crippen LogP contribution in [0.3, 0.4) is 0 Å². The zero-order valence-corrected chi connectivity index (χ0v) is 12.5. The van der Waals surface area contributed by atoms with Gasteiger partial charge in [0.25, 0.3) is 5.89 Å². The van der Waals surface area contributed by atoms with E-state index in [-0.39, 0.29) is 0 Å². The van der Waals surface area contributed by atoms with Crippen molar-refractivity contribution < 1.29 is 4.52 Å². The van der Waals surface area contributed by atoms with Gasteiger partial charge in [-0.25, -0.2) is 0 Å². The van der Waals surface area contributed by atoms with Gasteiger partial charge in [0.05, 0.1) is 6.54 Å². The first-order valence-electron chi connectivity index (χ1n) is 7.56. The molecule has 1 saturated heterocycles. The Morgan fingerprint density at radius 3 is 3.14 bits per heavy atom. The number of aromatic nitrogens is 2. The Morgan fingerprint density at radius 2 is 2.33 bits per heavy atom. The van der Waals surface area contributed by atoms with E-state index in [2.05, 4.69) is 34.1 Å². The number of hydrogen-bond acceptors (Lipinski definition) is 5. The molecular formula is C16H22N4O. The predicted molar refractivity (Wildman–Crippen MR) is 81.5 cm³/mol. The van der Waals surface area contributed by atoms with Gasteiger partial charge in [0.2, 0.25) is 0 Å². The summed E-state index contributed by atoms with van der Waals surface area (Å²) >= 11 is 0. The van der Waals surface area contributed by atoms with Crippen LogP contribution in [0.2, 0.25) is 0 Å². The summed E-state index contributed by atoms with van der Waals surface area (Å²) in [5, 5.41) is 4.11. The molecule has 0 bridgehead atoms. The van der Waals surface area contributed by atoms with Gasteiger partial charge in [-0.2, -0.15) is 4.98 Å².